The molecule has 0 rings (SSSR count). The van der Waals surface area contributed by atoms with Crippen LogP contribution in [0.5, 0.6) is 0 Å². The van der Waals surface area contributed by atoms with Gasteiger partial charge < -0.3 is 24.6 Å². The molecule has 51 heavy (non-hydrogen) atoms. The molecule has 3 N–H and O–H groups in total. The van der Waals surface area contributed by atoms with Gasteiger partial charge in [0.1, 0.15) is 12.7 Å². The smallest absolute Gasteiger partial charge is 0.462 e. The minimum absolute atomic E-state index is 0.187. The molecule has 0 spiro atoms. The van der Waals surface area contributed by atoms with Crippen LogP contribution in [-0.4, -0.2) is 65.7 Å². The number of rotatable bonds is 39. The molecule has 0 aromatic carbocycles. The standard InChI is InChI=1S/C40H77O10P/c1-3-5-7-9-11-13-14-15-16-17-18-19-20-21-22-24-25-27-29-31-39(43)47-35-38(36-49-51(45,46)48-34-37(42)33-41)50-40(44)32-30-28-26-23-12-10-8-6-4-2/h17-18,37-38,41-42H,3-16,19-36H2,1-2H3,(H,45,46)/b18-17-/t37-,38+/m0/s1. The maximum atomic E-state index is 12.5. The summed E-state index contributed by atoms with van der Waals surface area (Å²) in [7, 11) is -4.60. The maximum Gasteiger partial charge on any atom is 0.472 e. The van der Waals surface area contributed by atoms with Gasteiger partial charge in [-0.15, -0.1) is 0 Å². The molecule has 0 aromatic rings. The van der Waals surface area contributed by atoms with Crippen molar-refractivity contribution >= 4 is 19.8 Å². The first-order valence-corrected chi connectivity index (χ1v) is 22.1. The van der Waals surface area contributed by atoms with Gasteiger partial charge in [0, 0.05) is 12.8 Å². The summed E-state index contributed by atoms with van der Waals surface area (Å²) >= 11 is 0. The van der Waals surface area contributed by atoms with Crippen LogP contribution in [0.25, 0.3) is 0 Å². The van der Waals surface area contributed by atoms with E-state index >= 15 is 0 Å². The Bertz CT molecular complexity index is 868. The number of hydrogen-bond acceptors (Lipinski definition) is 9. The minimum Gasteiger partial charge on any atom is -0.462 e. The van der Waals surface area contributed by atoms with Gasteiger partial charge in [-0.2, -0.15) is 0 Å². The van der Waals surface area contributed by atoms with E-state index in [1.165, 1.54) is 109 Å². The van der Waals surface area contributed by atoms with Crippen molar-refractivity contribution in [3.05, 3.63) is 12.2 Å². The van der Waals surface area contributed by atoms with Crippen molar-refractivity contribution in [3.63, 3.8) is 0 Å². The predicted molar refractivity (Wildman–Crippen MR) is 205 cm³/mol. The highest BCUT2D eigenvalue weighted by atomic mass is 31.2. The van der Waals surface area contributed by atoms with Gasteiger partial charge in [0.25, 0.3) is 0 Å². The molecule has 302 valence electrons. The minimum atomic E-state index is -4.60. The lowest BCUT2D eigenvalue weighted by atomic mass is 10.1. The number of aliphatic hydroxyl groups excluding tert-OH is 2. The van der Waals surface area contributed by atoms with Gasteiger partial charge in [0.05, 0.1) is 19.8 Å². The largest absolute Gasteiger partial charge is 0.472 e. The van der Waals surface area contributed by atoms with Crippen LogP contribution < -0.4 is 0 Å². The zero-order valence-electron chi connectivity index (χ0n) is 32.6. The number of unbranched alkanes of at least 4 members (excludes halogenated alkanes) is 23. The predicted octanol–water partition coefficient (Wildman–Crippen LogP) is 10.4. The fraction of sp³-hybridized carbons (Fsp3) is 0.900. The Kier molecular flexibility index (Phi) is 36.1. The van der Waals surface area contributed by atoms with E-state index in [0.29, 0.717) is 12.8 Å². The Morgan fingerprint density at radius 2 is 0.961 bits per heavy atom. The Morgan fingerprint density at radius 3 is 1.41 bits per heavy atom. The first-order valence-electron chi connectivity index (χ1n) is 20.6. The molecule has 0 aromatic heterocycles. The van der Waals surface area contributed by atoms with Gasteiger partial charge in [-0.1, -0.05) is 154 Å². The van der Waals surface area contributed by atoms with Crippen LogP contribution in [0.2, 0.25) is 0 Å². The number of carbonyl (C=O) groups is 2. The molecule has 1 unspecified atom stereocenters. The summed E-state index contributed by atoms with van der Waals surface area (Å²) in [5.74, 6) is -0.926. The molecule has 0 aliphatic carbocycles. The third kappa shape index (κ3) is 36.8. The number of phosphoric acid groups is 1. The van der Waals surface area contributed by atoms with Crippen molar-refractivity contribution in [2.45, 2.75) is 206 Å². The third-order valence-corrected chi connectivity index (χ3v) is 9.87. The first-order chi connectivity index (χ1) is 24.7. The zero-order chi connectivity index (χ0) is 37.7. The summed E-state index contributed by atoms with van der Waals surface area (Å²) in [6, 6.07) is 0. The molecule has 11 heteroatoms. The van der Waals surface area contributed by atoms with Crippen molar-refractivity contribution in [2.24, 2.45) is 0 Å². The van der Waals surface area contributed by atoms with Crippen LogP contribution in [0.3, 0.4) is 0 Å². The van der Waals surface area contributed by atoms with Gasteiger partial charge in [-0.05, 0) is 38.5 Å². The highest BCUT2D eigenvalue weighted by molar-refractivity contribution is 7.47. The Balaban J connectivity index is 4.20. The zero-order valence-corrected chi connectivity index (χ0v) is 33.5. The first kappa shape index (κ1) is 49.7. The molecule has 0 amide bonds. The van der Waals surface area contributed by atoms with Crippen molar-refractivity contribution in [1.82, 2.24) is 0 Å². The number of allylic oxidation sites excluding steroid dienone is 2. The van der Waals surface area contributed by atoms with Crippen molar-refractivity contribution in [3.8, 4) is 0 Å². The molecule has 10 nitrogen and oxygen atoms in total. The highest BCUT2D eigenvalue weighted by Gasteiger charge is 2.27. The number of carbonyl (C=O) groups excluding carboxylic acids is 2. The number of aliphatic hydroxyl groups is 2. The third-order valence-electron chi connectivity index (χ3n) is 8.92. The number of phosphoric ester groups is 1. The number of esters is 2. The van der Waals surface area contributed by atoms with Gasteiger partial charge in [0.2, 0.25) is 0 Å². The Labute approximate surface area is 311 Å². The lowest BCUT2D eigenvalue weighted by Crippen LogP contribution is -2.29. The van der Waals surface area contributed by atoms with Gasteiger partial charge in [0.15, 0.2) is 6.10 Å². The van der Waals surface area contributed by atoms with Gasteiger partial charge in [-0.3, -0.25) is 18.6 Å². The van der Waals surface area contributed by atoms with Gasteiger partial charge in [-0.25, -0.2) is 4.57 Å². The maximum absolute atomic E-state index is 12.5. The summed E-state index contributed by atoms with van der Waals surface area (Å²) in [6.07, 6.45) is 33.3. The van der Waals surface area contributed by atoms with E-state index in [1.807, 2.05) is 0 Å². The van der Waals surface area contributed by atoms with Crippen molar-refractivity contribution in [1.29, 1.82) is 0 Å². The van der Waals surface area contributed by atoms with E-state index in [-0.39, 0.29) is 19.4 Å². The van der Waals surface area contributed by atoms with E-state index in [2.05, 4.69) is 30.5 Å². The second-order valence-corrected chi connectivity index (χ2v) is 15.5. The molecular weight excluding hydrogens is 671 g/mol. The van der Waals surface area contributed by atoms with E-state index in [9.17, 15) is 24.2 Å². The molecule has 0 saturated heterocycles. The molecule has 0 aliphatic heterocycles. The lowest BCUT2D eigenvalue weighted by molar-refractivity contribution is -0.161. The Morgan fingerprint density at radius 1 is 0.569 bits per heavy atom. The van der Waals surface area contributed by atoms with Crippen LogP contribution in [0.1, 0.15) is 194 Å². The van der Waals surface area contributed by atoms with E-state index in [0.717, 1.165) is 44.9 Å². The fourth-order valence-corrected chi connectivity index (χ4v) is 6.48. The normalized spacial score (nSPS) is 14.1. The number of hydrogen-bond donors (Lipinski definition) is 3. The second kappa shape index (κ2) is 37.0. The summed E-state index contributed by atoms with van der Waals surface area (Å²) in [5.41, 5.74) is 0. The van der Waals surface area contributed by atoms with E-state index < -0.39 is 51.8 Å². The Hall–Kier alpha value is -1.29. The van der Waals surface area contributed by atoms with Crippen molar-refractivity contribution < 1.29 is 47.8 Å². The molecule has 0 bridgehead atoms. The van der Waals surface area contributed by atoms with E-state index in [4.69, 9.17) is 19.1 Å². The van der Waals surface area contributed by atoms with Gasteiger partial charge >= 0.3 is 19.8 Å². The second-order valence-electron chi connectivity index (χ2n) is 14.0. The van der Waals surface area contributed by atoms with Crippen LogP contribution in [0.4, 0.5) is 0 Å². The quantitative estimate of drug-likeness (QED) is 0.0240. The SMILES string of the molecule is CCCCCCCCCC/C=C\CCCCCCCCCC(=O)OC[C@H](COP(=O)(O)OC[C@@H](O)CO)OC(=O)CCCCCCCCCCC. The summed E-state index contributed by atoms with van der Waals surface area (Å²) in [4.78, 5) is 34.8. The summed E-state index contributed by atoms with van der Waals surface area (Å²) in [6.45, 7) is 2.36. The van der Waals surface area contributed by atoms with E-state index in [1.54, 1.807) is 0 Å². The molecule has 0 fully saturated rings. The average Bonchev–Trinajstić information content (AvgIpc) is 3.12. The molecule has 0 saturated carbocycles. The fourth-order valence-electron chi connectivity index (χ4n) is 5.69. The molecule has 0 heterocycles. The number of ether oxygens (including phenoxy) is 2. The van der Waals surface area contributed by atoms with Crippen LogP contribution >= 0.6 is 7.82 Å². The van der Waals surface area contributed by atoms with Crippen LogP contribution in [0.15, 0.2) is 12.2 Å². The van der Waals surface area contributed by atoms with Crippen LogP contribution in [0, 0.1) is 0 Å². The van der Waals surface area contributed by atoms with Crippen LogP contribution in [-0.2, 0) is 32.7 Å². The molecule has 3 atom stereocenters. The molecule has 0 aliphatic rings. The molecule has 0 radical (unpaired) electrons. The summed E-state index contributed by atoms with van der Waals surface area (Å²) < 4.78 is 32.6. The lowest BCUT2D eigenvalue weighted by Gasteiger charge is -2.20. The highest BCUT2D eigenvalue weighted by Crippen LogP contribution is 2.43. The monoisotopic (exact) mass is 749 g/mol. The topological polar surface area (TPSA) is 149 Å². The summed E-state index contributed by atoms with van der Waals surface area (Å²) in [5, 5.41) is 18.3. The average molecular weight is 749 g/mol. The molecular formula is C40H77O10P. The van der Waals surface area contributed by atoms with Crippen molar-refractivity contribution in [2.75, 3.05) is 26.4 Å².